The van der Waals surface area contributed by atoms with E-state index < -0.39 is 20.7 Å². The van der Waals surface area contributed by atoms with Gasteiger partial charge >= 0.3 is 0 Å². The Bertz CT molecular complexity index is 1300. The number of anilines is 1. The summed E-state index contributed by atoms with van der Waals surface area (Å²) in [5.41, 5.74) is 3.35. The van der Waals surface area contributed by atoms with Crippen molar-refractivity contribution in [3.63, 3.8) is 0 Å². The van der Waals surface area contributed by atoms with Gasteiger partial charge in [-0.3, -0.25) is 4.72 Å². The molecule has 0 radical (unpaired) electrons. The highest BCUT2D eigenvalue weighted by Gasteiger charge is 2.30. The third kappa shape index (κ3) is 6.00. The maximum Gasteiger partial charge on any atom is 0.266 e. The minimum Gasteiger partial charge on any atom is -0.491 e. The summed E-state index contributed by atoms with van der Waals surface area (Å²) >= 11 is 7.51. The van der Waals surface area contributed by atoms with E-state index >= 15 is 0 Å². The standard InChI is InChI=1S/C24H24ClF2N3O3S2/c1-2-28-21-5-3-4-17(15-6-8-16(26)9-7-15)18(21)12-33-22-11-20(27)23(10-19(22)25)35(31,32)30-24-13-34-14-29-24/h4,6-11,13-14,18,21,28,30H,2-3,5,12H2,1H3/t18?,21-/m1/s1. The lowest BCUT2D eigenvalue weighted by Crippen LogP contribution is -2.41. The molecule has 186 valence electrons. The third-order valence-corrected chi connectivity index (χ3v) is 7.99. The van der Waals surface area contributed by atoms with E-state index in [1.54, 1.807) is 12.1 Å². The number of benzene rings is 2. The smallest absolute Gasteiger partial charge is 0.266 e. The Kier molecular flexibility index (Phi) is 8.05. The summed E-state index contributed by atoms with van der Waals surface area (Å²) < 4.78 is 61.7. The van der Waals surface area contributed by atoms with Crippen molar-refractivity contribution in [2.24, 2.45) is 5.92 Å². The average molecular weight is 540 g/mol. The molecule has 6 nitrogen and oxygen atoms in total. The molecule has 0 fully saturated rings. The van der Waals surface area contributed by atoms with E-state index in [1.807, 2.05) is 6.92 Å². The predicted octanol–water partition coefficient (Wildman–Crippen LogP) is 5.73. The Hall–Kier alpha value is -2.53. The van der Waals surface area contributed by atoms with Crippen LogP contribution in [-0.2, 0) is 10.0 Å². The van der Waals surface area contributed by atoms with Crippen molar-refractivity contribution in [1.82, 2.24) is 10.3 Å². The van der Waals surface area contributed by atoms with Gasteiger partial charge in [0.05, 0.1) is 17.1 Å². The second-order valence-electron chi connectivity index (χ2n) is 8.02. The molecule has 1 heterocycles. The first-order chi connectivity index (χ1) is 16.8. The monoisotopic (exact) mass is 539 g/mol. The molecule has 1 aliphatic carbocycles. The second kappa shape index (κ2) is 11.0. The second-order valence-corrected chi connectivity index (χ2v) is 10.8. The highest BCUT2D eigenvalue weighted by Crippen LogP contribution is 2.36. The van der Waals surface area contributed by atoms with E-state index in [1.165, 1.54) is 34.4 Å². The van der Waals surface area contributed by atoms with E-state index in [-0.39, 0.29) is 41.0 Å². The SMILES string of the molecule is CCN[C@@H]1CCC=C(c2ccc(F)cc2)C1COc1cc(F)c(S(=O)(=O)Nc2cscn2)cc1Cl. The van der Waals surface area contributed by atoms with Gasteiger partial charge in [-0.25, -0.2) is 22.2 Å². The number of halogens is 3. The summed E-state index contributed by atoms with van der Waals surface area (Å²) in [7, 11) is -4.22. The van der Waals surface area contributed by atoms with Crippen LogP contribution in [0.3, 0.4) is 0 Å². The maximum atomic E-state index is 14.9. The van der Waals surface area contributed by atoms with Crippen LogP contribution >= 0.6 is 22.9 Å². The number of nitrogens with zero attached hydrogens (tertiary/aromatic N) is 1. The molecule has 1 unspecified atom stereocenters. The number of allylic oxidation sites excluding steroid dienone is 1. The van der Waals surface area contributed by atoms with Crippen LogP contribution in [0.5, 0.6) is 5.75 Å². The van der Waals surface area contributed by atoms with Crippen LogP contribution in [0, 0.1) is 17.6 Å². The largest absolute Gasteiger partial charge is 0.491 e. The van der Waals surface area contributed by atoms with Crippen molar-refractivity contribution in [2.45, 2.75) is 30.7 Å². The van der Waals surface area contributed by atoms with Gasteiger partial charge in [0, 0.05) is 23.4 Å². The zero-order valence-electron chi connectivity index (χ0n) is 18.8. The van der Waals surface area contributed by atoms with Gasteiger partial charge in [0.15, 0.2) is 5.82 Å². The van der Waals surface area contributed by atoms with E-state index in [9.17, 15) is 17.2 Å². The van der Waals surface area contributed by atoms with E-state index in [0.29, 0.717) is 0 Å². The van der Waals surface area contributed by atoms with Crippen molar-refractivity contribution in [1.29, 1.82) is 0 Å². The quantitative estimate of drug-likeness (QED) is 0.363. The van der Waals surface area contributed by atoms with Crippen LogP contribution in [0.25, 0.3) is 5.57 Å². The van der Waals surface area contributed by atoms with Gasteiger partial charge in [0.2, 0.25) is 0 Å². The Morgan fingerprint density at radius 1 is 1.23 bits per heavy atom. The fourth-order valence-corrected chi connectivity index (χ4v) is 6.06. The first-order valence-corrected chi connectivity index (χ1v) is 13.8. The zero-order chi connectivity index (χ0) is 25.0. The van der Waals surface area contributed by atoms with Crippen LogP contribution in [0.4, 0.5) is 14.6 Å². The molecule has 2 aromatic carbocycles. The Balaban J connectivity index is 1.56. The lowest BCUT2D eigenvalue weighted by Gasteiger charge is -2.33. The summed E-state index contributed by atoms with van der Waals surface area (Å²) in [5.74, 6) is -1.28. The number of rotatable bonds is 9. The van der Waals surface area contributed by atoms with Gasteiger partial charge in [-0.1, -0.05) is 36.7 Å². The highest BCUT2D eigenvalue weighted by atomic mass is 35.5. The number of aromatic nitrogens is 1. The van der Waals surface area contributed by atoms with Crippen molar-refractivity contribution >= 4 is 44.4 Å². The van der Waals surface area contributed by atoms with Gasteiger partial charge < -0.3 is 10.1 Å². The molecule has 4 rings (SSSR count). The minimum atomic E-state index is -4.22. The van der Waals surface area contributed by atoms with E-state index in [4.69, 9.17) is 16.3 Å². The predicted molar refractivity (Wildman–Crippen MR) is 134 cm³/mol. The third-order valence-electron chi connectivity index (χ3n) is 5.74. The molecule has 0 saturated carbocycles. The maximum absolute atomic E-state index is 14.9. The summed E-state index contributed by atoms with van der Waals surface area (Å²) in [6, 6.07) is 8.38. The fourth-order valence-electron chi connectivity index (χ4n) is 4.14. The van der Waals surface area contributed by atoms with Gasteiger partial charge in [-0.05, 0) is 48.7 Å². The normalized spacial score (nSPS) is 18.2. The molecular formula is C24H24ClF2N3O3S2. The fraction of sp³-hybridized carbons (Fsp3) is 0.292. The van der Waals surface area contributed by atoms with Crippen molar-refractivity contribution in [2.75, 3.05) is 17.9 Å². The molecule has 35 heavy (non-hydrogen) atoms. The lowest BCUT2D eigenvalue weighted by atomic mass is 9.80. The number of thiazole rings is 1. The lowest BCUT2D eigenvalue weighted by molar-refractivity contribution is 0.236. The zero-order valence-corrected chi connectivity index (χ0v) is 21.2. The highest BCUT2D eigenvalue weighted by molar-refractivity contribution is 7.92. The number of hydrogen-bond donors (Lipinski definition) is 2. The van der Waals surface area contributed by atoms with Crippen LogP contribution in [0.2, 0.25) is 5.02 Å². The molecule has 0 aliphatic heterocycles. The number of ether oxygens (including phenoxy) is 1. The van der Waals surface area contributed by atoms with Crippen molar-refractivity contribution < 1.29 is 21.9 Å². The Labute approximate surface area is 212 Å². The van der Waals surface area contributed by atoms with Crippen LogP contribution < -0.4 is 14.8 Å². The first kappa shape index (κ1) is 25.6. The first-order valence-electron chi connectivity index (χ1n) is 11.0. The topological polar surface area (TPSA) is 80.3 Å². The van der Waals surface area contributed by atoms with E-state index in [2.05, 4.69) is 21.1 Å². The van der Waals surface area contributed by atoms with E-state index in [0.717, 1.165) is 42.7 Å². The van der Waals surface area contributed by atoms with Crippen molar-refractivity contribution in [3.05, 3.63) is 75.6 Å². The number of nitrogens with one attached hydrogen (secondary N) is 2. The van der Waals surface area contributed by atoms with Crippen LogP contribution in [-0.4, -0.2) is 32.6 Å². The summed E-state index contributed by atoms with van der Waals surface area (Å²) in [6.07, 6.45) is 3.85. The molecule has 2 atom stereocenters. The molecule has 0 bridgehead atoms. The summed E-state index contributed by atoms with van der Waals surface area (Å²) in [6.45, 7) is 2.94. The molecule has 0 spiro atoms. The molecule has 0 amide bonds. The van der Waals surface area contributed by atoms with Gasteiger partial charge in [-0.15, -0.1) is 11.3 Å². The molecule has 2 N–H and O–H groups in total. The number of sulfonamides is 1. The van der Waals surface area contributed by atoms with Crippen molar-refractivity contribution in [3.8, 4) is 5.75 Å². The minimum absolute atomic E-state index is 0.0341. The number of hydrogen-bond acceptors (Lipinski definition) is 6. The Morgan fingerprint density at radius 2 is 2.00 bits per heavy atom. The van der Waals surface area contributed by atoms with Gasteiger partial charge in [-0.2, -0.15) is 0 Å². The van der Waals surface area contributed by atoms with Crippen LogP contribution in [0.1, 0.15) is 25.3 Å². The Morgan fingerprint density at radius 3 is 2.69 bits per heavy atom. The molecule has 0 saturated heterocycles. The molecule has 1 aromatic heterocycles. The van der Waals surface area contributed by atoms with Crippen LogP contribution in [0.15, 0.2) is 58.3 Å². The average Bonchev–Trinajstić information content (AvgIpc) is 3.33. The van der Waals surface area contributed by atoms with Gasteiger partial charge in [0.25, 0.3) is 10.0 Å². The summed E-state index contributed by atoms with van der Waals surface area (Å²) in [4.78, 5) is 3.25. The molecule has 1 aliphatic rings. The molecule has 3 aromatic rings. The van der Waals surface area contributed by atoms with Gasteiger partial charge in [0.1, 0.15) is 22.3 Å². The summed E-state index contributed by atoms with van der Waals surface area (Å²) in [5, 5.41) is 4.92. The molecular weight excluding hydrogens is 516 g/mol. The molecule has 11 heteroatoms.